The summed E-state index contributed by atoms with van der Waals surface area (Å²) in [6.07, 6.45) is 3.49. The third-order valence-corrected chi connectivity index (χ3v) is 1.59. The molecular formula is C10H16N4. The second kappa shape index (κ2) is 4.79. The molecule has 0 saturated carbocycles. The SMILES string of the molecule is CC(C)C=Nc1cnc(C(C)C)nn1. The molecule has 4 heteroatoms. The lowest BCUT2D eigenvalue weighted by molar-refractivity contribution is 0.736. The van der Waals surface area contributed by atoms with Gasteiger partial charge in [-0.15, -0.1) is 10.2 Å². The van der Waals surface area contributed by atoms with Crippen LogP contribution in [0.5, 0.6) is 0 Å². The summed E-state index contributed by atoms with van der Waals surface area (Å²) in [5, 5.41) is 7.94. The van der Waals surface area contributed by atoms with Crippen molar-refractivity contribution in [3.05, 3.63) is 12.0 Å². The zero-order chi connectivity index (χ0) is 10.6. The highest BCUT2D eigenvalue weighted by molar-refractivity contribution is 5.63. The molecule has 0 saturated heterocycles. The summed E-state index contributed by atoms with van der Waals surface area (Å²) in [6.45, 7) is 8.20. The van der Waals surface area contributed by atoms with Gasteiger partial charge in [-0.05, 0) is 5.92 Å². The van der Waals surface area contributed by atoms with Crippen molar-refractivity contribution in [1.29, 1.82) is 0 Å². The van der Waals surface area contributed by atoms with Gasteiger partial charge in [0.1, 0.15) is 0 Å². The second-order valence-electron chi connectivity index (χ2n) is 3.85. The number of nitrogens with zero attached hydrogens (tertiary/aromatic N) is 4. The minimum Gasteiger partial charge on any atom is -0.238 e. The maximum Gasteiger partial charge on any atom is 0.192 e. The van der Waals surface area contributed by atoms with Gasteiger partial charge in [0.2, 0.25) is 0 Å². The Labute approximate surface area is 84.5 Å². The molecule has 0 fully saturated rings. The van der Waals surface area contributed by atoms with Crippen LogP contribution in [0.4, 0.5) is 5.82 Å². The van der Waals surface area contributed by atoms with Crippen molar-refractivity contribution in [1.82, 2.24) is 15.2 Å². The Bertz CT molecular complexity index is 300. The molecule has 4 nitrogen and oxygen atoms in total. The average molecular weight is 192 g/mol. The van der Waals surface area contributed by atoms with E-state index in [0.717, 1.165) is 5.82 Å². The predicted octanol–water partition coefficient (Wildman–Crippen LogP) is 2.35. The van der Waals surface area contributed by atoms with Crippen LogP contribution in [-0.4, -0.2) is 21.4 Å². The summed E-state index contributed by atoms with van der Waals surface area (Å²) in [6, 6.07) is 0. The smallest absolute Gasteiger partial charge is 0.192 e. The Hall–Kier alpha value is -1.32. The molecule has 1 rings (SSSR count). The first-order valence-corrected chi connectivity index (χ1v) is 4.83. The fourth-order valence-corrected chi connectivity index (χ4v) is 0.827. The fraction of sp³-hybridized carbons (Fsp3) is 0.600. The zero-order valence-electron chi connectivity index (χ0n) is 9.10. The van der Waals surface area contributed by atoms with Gasteiger partial charge in [-0.2, -0.15) is 0 Å². The van der Waals surface area contributed by atoms with Gasteiger partial charge in [0.25, 0.3) is 0 Å². The normalized spacial score (nSPS) is 11.9. The molecule has 0 bridgehead atoms. The van der Waals surface area contributed by atoms with E-state index in [4.69, 9.17) is 0 Å². The van der Waals surface area contributed by atoms with Crippen LogP contribution in [0.2, 0.25) is 0 Å². The molecule has 14 heavy (non-hydrogen) atoms. The monoisotopic (exact) mass is 192 g/mol. The lowest BCUT2D eigenvalue weighted by Crippen LogP contribution is -1.98. The van der Waals surface area contributed by atoms with Gasteiger partial charge in [0, 0.05) is 12.1 Å². The minimum atomic E-state index is 0.311. The summed E-state index contributed by atoms with van der Waals surface area (Å²) in [5.41, 5.74) is 0. The molecule has 0 amide bonds. The molecule has 0 spiro atoms. The number of aromatic nitrogens is 3. The van der Waals surface area contributed by atoms with E-state index < -0.39 is 0 Å². The maximum atomic E-state index is 4.17. The molecule has 0 aromatic carbocycles. The Balaban J connectivity index is 2.73. The van der Waals surface area contributed by atoms with Crippen LogP contribution in [0.3, 0.4) is 0 Å². The maximum absolute atomic E-state index is 4.17. The Morgan fingerprint density at radius 2 is 1.93 bits per heavy atom. The van der Waals surface area contributed by atoms with Crippen LogP contribution < -0.4 is 0 Å². The van der Waals surface area contributed by atoms with Gasteiger partial charge >= 0.3 is 0 Å². The van der Waals surface area contributed by atoms with E-state index in [1.54, 1.807) is 6.20 Å². The van der Waals surface area contributed by atoms with E-state index in [9.17, 15) is 0 Å². The summed E-state index contributed by atoms with van der Waals surface area (Å²) >= 11 is 0. The molecule has 1 aromatic rings. The quantitative estimate of drug-likeness (QED) is 0.691. The average Bonchev–Trinajstić information content (AvgIpc) is 2.15. The van der Waals surface area contributed by atoms with Crippen molar-refractivity contribution in [3.8, 4) is 0 Å². The Morgan fingerprint density at radius 1 is 1.21 bits per heavy atom. The predicted molar refractivity (Wildman–Crippen MR) is 56.9 cm³/mol. The number of hydrogen-bond acceptors (Lipinski definition) is 4. The molecule has 0 N–H and O–H groups in total. The molecule has 1 aromatic heterocycles. The van der Waals surface area contributed by atoms with Crippen LogP contribution in [0.1, 0.15) is 39.4 Å². The lowest BCUT2D eigenvalue weighted by Gasteiger charge is -2.00. The van der Waals surface area contributed by atoms with Gasteiger partial charge in [0.05, 0.1) is 6.20 Å². The van der Waals surface area contributed by atoms with Crippen molar-refractivity contribution in [2.24, 2.45) is 10.9 Å². The lowest BCUT2D eigenvalue weighted by atomic mass is 10.2. The van der Waals surface area contributed by atoms with Gasteiger partial charge in [-0.3, -0.25) is 0 Å². The number of rotatable bonds is 3. The van der Waals surface area contributed by atoms with E-state index >= 15 is 0 Å². The van der Waals surface area contributed by atoms with Gasteiger partial charge < -0.3 is 0 Å². The van der Waals surface area contributed by atoms with E-state index in [0.29, 0.717) is 17.7 Å². The fourth-order valence-electron chi connectivity index (χ4n) is 0.827. The minimum absolute atomic E-state index is 0.311. The van der Waals surface area contributed by atoms with Crippen LogP contribution in [0, 0.1) is 5.92 Å². The first-order chi connectivity index (χ1) is 6.59. The summed E-state index contributed by atoms with van der Waals surface area (Å²) in [5.74, 6) is 2.06. The summed E-state index contributed by atoms with van der Waals surface area (Å²) < 4.78 is 0. The standard InChI is InChI=1S/C10H16N4/c1-7(2)5-11-9-6-12-10(8(3)4)14-13-9/h5-8H,1-4H3. The Kier molecular flexibility index (Phi) is 3.68. The molecule has 0 aliphatic carbocycles. The molecule has 0 aliphatic heterocycles. The van der Waals surface area contributed by atoms with Gasteiger partial charge in [0.15, 0.2) is 11.6 Å². The first-order valence-electron chi connectivity index (χ1n) is 4.83. The third-order valence-electron chi connectivity index (χ3n) is 1.59. The number of aliphatic imine (C=N–C) groups is 1. The van der Waals surface area contributed by atoms with Crippen LogP contribution in [0.25, 0.3) is 0 Å². The highest BCUT2D eigenvalue weighted by atomic mass is 15.2. The van der Waals surface area contributed by atoms with Gasteiger partial charge in [-0.25, -0.2) is 9.98 Å². The largest absolute Gasteiger partial charge is 0.238 e. The molecule has 0 aliphatic rings. The third kappa shape index (κ3) is 3.20. The molecular weight excluding hydrogens is 176 g/mol. The van der Waals surface area contributed by atoms with E-state index in [-0.39, 0.29) is 0 Å². The van der Waals surface area contributed by atoms with E-state index in [1.165, 1.54) is 0 Å². The van der Waals surface area contributed by atoms with Crippen LogP contribution >= 0.6 is 0 Å². The van der Waals surface area contributed by atoms with Crippen LogP contribution in [-0.2, 0) is 0 Å². The highest BCUT2D eigenvalue weighted by Gasteiger charge is 2.02. The Morgan fingerprint density at radius 3 is 2.36 bits per heavy atom. The molecule has 0 radical (unpaired) electrons. The van der Waals surface area contributed by atoms with Gasteiger partial charge in [-0.1, -0.05) is 27.7 Å². The first kappa shape index (κ1) is 10.8. The zero-order valence-corrected chi connectivity index (χ0v) is 9.10. The number of hydrogen-bond donors (Lipinski definition) is 0. The molecule has 0 unspecified atom stereocenters. The van der Waals surface area contributed by atoms with Crippen molar-refractivity contribution in [2.45, 2.75) is 33.6 Å². The van der Waals surface area contributed by atoms with Crippen molar-refractivity contribution in [3.63, 3.8) is 0 Å². The topological polar surface area (TPSA) is 51.0 Å². The van der Waals surface area contributed by atoms with Crippen molar-refractivity contribution < 1.29 is 0 Å². The highest BCUT2D eigenvalue weighted by Crippen LogP contribution is 2.09. The van der Waals surface area contributed by atoms with E-state index in [2.05, 4.69) is 34.0 Å². The molecule has 0 atom stereocenters. The van der Waals surface area contributed by atoms with Crippen LogP contribution in [0.15, 0.2) is 11.2 Å². The summed E-state index contributed by atoms with van der Waals surface area (Å²) in [4.78, 5) is 8.31. The van der Waals surface area contributed by atoms with Crippen molar-refractivity contribution in [2.75, 3.05) is 0 Å². The summed E-state index contributed by atoms with van der Waals surface area (Å²) in [7, 11) is 0. The van der Waals surface area contributed by atoms with E-state index in [1.807, 2.05) is 20.1 Å². The molecule has 76 valence electrons. The molecule has 1 heterocycles. The second-order valence-corrected chi connectivity index (χ2v) is 3.85. The van der Waals surface area contributed by atoms with Crippen molar-refractivity contribution >= 4 is 12.0 Å².